The van der Waals surface area contributed by atoms with E-state index in [0.29, 0.717) is 0 Å². The van der Waals surface area contributed by atoms with E-state index in [0.717, 1.165) is 6.42 Å². The fourth-order valence-electron chi connectivity index (χ4n) is 3.76. The molecule has 0 saturated carbocycles. The number of halogens is 1. The normalized spacial score (nSPS) is 11.4. The molecule has 0 unspecified atom stereocenters. The van der Waals surface area contributed by atoms with Crippen LogP contribution >= 0.6 is 22.6 Å². The monoisotopic (exact) mass is 440 g/mol. The largest absolute Gasteiger partial charge is 0.0864 e. The molecule has 0 aliphatic carbocycles. The number of alkyl halides is 1. The molecule has 1 heteroatoms. The topological polar surface area (TPSA) is 0 Å². The lowest BCUT2D eigenvalue weighted by Gasteiger charge is -2.36. The van der Waals surface area contributed by atoms with Crippen molar-refractivity contribution in [3.63, 3.8) is 0 Å². The number of hydrogen-bond donors (Lipinski definition) is 0. The summed E-state index contributed by atoms with van der Waals surface area (Å²) in [6.45, 7) is 0. The predicted molar refractivity (Wildman–Crippen MR) is 117 cm³/mol. The molecule has 0 aliphatic rings. The molecule has 0 aromatic heterocycles. The summed E-state index contributed by atoms with van der Waals surface area (Å²) in [5.41, 5.74) is 4.10. The maximum atomic E-state index is 2.48. The highest BCUT2D eigenvalue weighted by molar-refractivity contribution is 14.1. The molecule has 25 heavy (non-hydrogen) atoms. The highest BCUT2D eigenvalue weighted by Crippen LogP contribution is 2.43. The van der Waals surface area contributed by atoms with Gasteiger partial charge in [-0.05, 0) is 34.0 Å². The van der Waals surface area contributed by atoms with E-state index in [-0.39, 0.29) is 5.41 Å². The van der Waals surface area contributed by atoms with Gasteiger partial charge < -0.3 is 0 Å². The van der Waals surface area contributed by atoms with Crippen LogP contribution in [0.5, 0.6) is 0 Å². The van der Waals surface area contributed by atoms with E-state index in [1.54, 1.807) is 0 Å². The average molecular weight is 440 g/mol. The quantitative estimate of drug-likeness (QED) is 0.153. The first-order chi connectivity index (χ1) is 12.4. The zero-order valence-corrected chi connectivity index (χ0v) is 16.7. The van der Waals surface area contributed by atoms with Crippen molar-refractivity contribution in [1.29, 1.82) is 0 Å². The second kappa shape index (κ2) is 9.19. The third kappa shape index (κ3) is 4.14. The van der Waals surface area contributed by atoms with Crippen LogP contribution < -0.4 is 0 Å². The summed E-state index contributed by atoms with van der Waals surface area (Å²) in [6.07, 6.45) is 4.97. The molecule has 0 aliphatic heterocycles. The summed E-state index contributed by atoms with van der Waals surface area (Å²) in [6, 6.07) is 33.1. The summed E-state index contributed by atoms with van der Waals surface area (Å²) in [5.74, 6) is 0. The zero-order valence-electron chi connectivity index (χ0n) is 14.6. The van der Waals surface area contributed by atoms with Crippen molar-refractivity contribution in [2.75, 3.05) is 4.43 Å². The molecule has 0 heterocycles. The van der Waals surface area contributed by atoms with E-state index < -0.39 is 0 Å². The number of rotatable bonds is 8. The second-order valence-electron chi connectivity index (χ2n) is 6.50. The van der Waals surface area contributed by atoms with Crippen molar-refractivity contribution in [2.24, 2.45) is 0 Å². The molecule has 0 fully saturated rings. The summed E-state index contributed by atoms with van der Waals surface area (Å²) in [4.78, 5) is 0. The molecule has 0 amide bonds. The van der Waals surface area contributed by atoms with Gasteiger partial charge in [0.25, 0.3) is 0 Å². The van der Waals surface area contributed by atoms with Crippen LogP contribution in [-0.4, -0.2) is 4.43 Å². The third-order valence-electron chi connectivity index (χ3n) is 4.99. The van der Waals surface area contributed by atoms with Crippen molar-refractivity contribution in [3.05, 3.63) is 108 Å². The Morgan fingerprint density at radius 3 is 1.28 bits per heavy atom. The van der Waals surface area contributed by atoms with Crippen LogP contribution in [0.25, 0.3) is 0 Å². The van der Waals surface area contributed by atoms with Gasteiger partial charge in [-0.3, -0.25) is 0 Å². The van der Waals surface area contributed by atoms with Crippen LogP contribution in [0, 0.1) is 0 Å². The van der Waals surface area contributed by atoms with Crippen LogP contribution in [0.2, 0.25) is 0 Å². The van der Waals surface area contributed by atoms with Gasteiger partial charge in [-0.2, -0.15) is 0 Å². The van der Waals surface area contributed by atoms with Crippen LogP contribution in [0.4, 0.5) is 0 Å². The lowest BCUT2D eigenvalue weighted by molar-refractivity contribution is 0.516. The Labute approximate surface area is 165 Å². The number of benzene rings is 3. The standard InChI is InChI=1S/C24H25I/c25-20-12-4-11-19-24(21-13-5-1-6-14-21,22-15-7-2-8-16-22)23-17-9-3-10-18-23/h1-3,5-10,13-18H,4,11-12,19-20H2. The highest BCUT2D eigenvalue weighted by Gasteiger charge is 2.35. The molecule has 0 N–H and O–H groups in total. The van der Waals surface area contributed by atoms with Gasteiger partial charge in [0, 0.05) is 5.41 Å². The minimum absolute atomic E-state index is 0.0744. The maximum absolute atomic E-state index is 2.48. The van der Waals surface area contributed by atoms with Crippen LogP contribution in [-0.2, 0) is 5.41 Å². The Morgan fingerprint density at radius 1 is 0.520 bits per heavy atom. The Morgan fingerprint density at radius 2 is 0.920 bits per heavy atom. The highest BCUT2D eigenvalue weighted by atomic mass is 127. The van der Waals surface area contributed by atoms with Gasteiger partial charge >= 0.3 is 0 Å². The molecular formula is C24H25I. The number of hydrogen-bond acceptors (Lipinski definition) is 0. The lowest BCUT2D eigenvalue weighted by Crippen LogP contribution is -2.29. The van der Waals surface area contributed by atoms with E-state index in [1.807, 2.05) is 0 Å². The first-order valence-corrected chi connectivity index (χ1v) is 10.6. The first kappa shape index (κ1) is 18.2. The molecular weight excluding hydrogens is 415 g/mol. The molecule has 0 atom stereocenters. The zero-order chi connectivity index (χ0) is 17.4. The van der Waals surface area contributed by atoms with E-state index >= 15 is 0 Å². The smallest absolute Gasteiger partial charge is 0.0451 e. The van der Waals surface area contributed by atoms with Gasteiger partial charge in [-0.15, -0.1) is 0 Å². The first-order valence-electron chi connectivity index (χ1n) is 9.10. The van der Waals surface area contributed by atoms with Crippen molar-refractivity contribution in [1.82, 2.24) is 0 Å². The molecule has 0 nitrogen and oxygen atoms in total. The van der Waals surface area contributed by atoms with Crippen LogP contribution in [0.3, 0.4) is 0 Å². The van der Waals surface area contributed by atoms with Gasteiger partial charge in [0.1, 0.15) is 0 Å². The van der Waals surface area contributed by atoms with Crippen LogP contribution in [0.15, 0.2) is 91.0 Å². The fourth-order valence-corrected chi connectivity index (χ4v) is 4.30. The third-order valence-corrected chi connectivity index (χ3v) is 5.75. The molecule has 3 aromatic rings. The van der Waals surface area contributed by atoms with Crippen LogP contribution in [0.1, 0.15) is 42.4 Å². The van der Waals surface area contributed by atoms with Crippen molar-refractivity contribution >= 4 is 22.6 Å². The fraction of sp³-hybridized carbons (Fsp3) is 0.250. The van der Waals surface area contributed by atoms with E-state index in [2.05, 4.69) is 114 Å². The van der Waals surface area contributed by atoms with E-state index in [4.69, 9.17) is 0 Å². The molecule has 3 rings (SSSR count). The maximum Gasteiger partial charge on any atom is 0.0451 e. The van der Waals surface area contributed by atoms with Crippen molar-refractivity contribution in [3.8, 4) is 0 Å². The van der Waals surface area contributed by atoms with Crippen molar-refractivity contribution in [2.45, 2.75) is 31.1 Å². The Kier molecular flexibility index (Phi) is 6.69. The Bertz CT molecular complexity index is 638. The molecule has 128 valence electrons. The van der Waals surface area contributed by atoms with Gasteiger partial charge in [0.2, 0.25) is 0 Å². The predicted octanol–water partition coefficient (Wildman–Crippen LogP) is 7.02. The molecule has 0 bridgehead atoms. The minimum Gasteiger partial charge on any atom is -0.0864 e. The molecule has 0 saturated heterocycles. The SMILES string of the molecule is ICCCCCC(c1ccccc1)(c1ccccc1)c1ccccc1. The van der Waals surface area contributed by atoms with E-state index in [9.17, 15) is 0 Å². The lowest BCUT2D eigenvalue weighted by atomic mass is 9.66. The summed E-state index contributed by atoms with van der Waals surface area (Å²) >= 11 is 2.48. The number of unbranched alkanes of at least 4 members (excludes halogenated alkanes) is 2. The Balaban J connectivity index is 2.13. The summed E-state index contributed by atoms with van der Waals surface area (Å²) < 4.78 is 1.24. The van der Waals surface area contributed by atoms with Gasteiger partial charge in [-0.1, -0.05) is 126 Å². The second-order valence-corrected chi connectivity index (χ2v) is 7.58. The minimum atomic E-state index is -0.0744. The summed E-state index contributed by atoms with van der Waals surface area (Å²) in [7, 11) is 0. The average Bonchev–Trinajstić information content (AvgIpc) is 2.70. The van der Waals surface area contributed by atoms with Gasteiger partial charge in [-0.25, -0.2) is 0 Å². The van der Waals surface area contributed by atoms with E-state index in [1.165, 1.54) is 40.4 Å². The van der Waals surface area contributed by atoms with Gasteiger partial charge in [0.05, 0.1) is 0 Å². The molecule has 0 radical (unpaired) electrons. The molecule has 3 aromatic carbocycles. The van der Waals surface area contributed by atoms with Gasteiger partial charge in [0.15, 0.2) is 0 Å². The summed E-state index contributed by atoms with van der Waals surface area (Å²) in [5, 5.41) is 0. The molecule has 0 spiro atoms. The van der Waals surface area contributed by atoms with Crippen molar-refractivity contribution < 1.29 is 0 Å². The Hall–Kier alpha value is -1.61.